The molecule has 0 saturated carbocycles. The maximum Gasteiger partial charge on any atom is 0.255 e. The first-order chi connectivity index (χ1) is 9.61. The van der Waals surface area contributed by atoms with Gasteiger partial charge in [0.05, 0.1) is 22.1 Å². The van der Waals surface area contributed by atoms with Gasteiger partial charge >= 0.3 is 0 Å². The molecule has 100 valence electrons. The van der Waals surface area contributed by atoms with Crippen molar-refractivity contribution in [1.82, 2.24) is 9.97 Å². The van der Waals surface area contributed by atoms with Gasteiger partial charge in [-0.05, 0) is 46.3 Å². The number of amides is 1. The summed E-state index contributed by atoms with van der Waals surface area (Å²) in [6.45, 7) is 0. The SMILES string of the molecule is Nc1nc2ccc(C(=O)Nc3ccc(Br)nc3)cc2s1. The molecule has 2 aromatic heterocycles. The van der Waals surface area contributed by atoms with Gasteiger partial charge in [0.2, 0.25) is 0 Å². The van der Waals surface area contributed by atoms with Crippen molar-refractivity contribution < 1.29 is 4.79 Å². The first-order valence-electron chi connectivity index (χ1n) is 5.71. The molecule has 0 aliphatic heterocycles. The van der Waals surface area contributed by atoms with E-state index in [2.05, 4.69) is 31.2 Å². The molecule has 0 aliphatic carbocycles. The van der Waals surface area contributed by atoms with Crippen LogP contribution in [0.25, 0.3) is 10.2 Å². The molecule has 20 heavy (non-hydrogen) atoms. The van der Waals surface area contributed by atoms with Crippen LogP contribution in [0.3, 0.4) is 0 Å². The van der Waals surface area contributed by atoms with E-state index in [0.29, 0.717) is 16.4 Å². The zero-order valence-corrected chi connectivity index (χ0v) is 12.5. The van der Waals surface area contributed by atoms with Gasteiger partial charge in [0.1, 0.15) is 4.60 Å². The molecule has 0 bridgehead atoms. The number of nitrogen functional groups attached to an aromatic ring is 1. The van der Waals surface area contributed by atoms with Gasteiger partial charge < -0.3 is 11.1 Å². The maximum atomic E-state index is 12.2. The van der Waals surface area contributed by atoms with Crippen LogP contribution in [0.2, 0.25) is 0 Å². The summed E-state index contributed by atoms with van der Waals surface area (Å²) in [5, 5.41) is 3.28. The van der Waals surface area contributed by atoms with Gasteiger partial charge in [-0.1, -0.05) is 11.3 Å². The largest absolute Gasteiger partial charge is 0.375 e. The van der Waals surface area contributed by atoms with Crippen molar-refractivity contribution in [2.75, 3.05) is 11.1 Å². The summed E-state index contributed by atoms with van der Waals surface area (Å²) in [5.41, 5.74) is 7.65. The normalized spacial score (nSPS) is 10.7. The number of nitrogens with two attached hydrogens (primary N) is 1. The second-order valence-corrected chi connectivity index (χ2v) is 5.93. The van der Waals surface area contributed by atoms with E-state index in [0.717, 1.165) is 14.8 Å². The fourth-order valence-electron chi connectivity index (χ4n) is 1.74. The van der Waals surface area contributed by atoms with Gasteiger partial charge in [-0.15, -0.1) is 0 Å². The Balaban J connectivity index is 1.86. The smallest absolute Gasteiger partial charge is 0.255 e. The number of carbonyl (C=O) groups is 1. The average molecular weight is 349 g/mol. The van der Waals surface area contributed by atoms with E-state index in [1.165, 1.54) is 11.3 Å². The summed E-state index contributed by atoms with van der Waals surface area (Å²) in [6.07, 6.45) is 1.59. The summed E-state index contributed by atoms with van der Waals surface area (Å²) < 4.78 is 1.61. The molecule has 1 aromatic carbocycles. The van der Waals surface area contributed by atoms with E-state index >= 15 is 0 Å². The van der Waals surface area contributed by atoms with Crippen LogP contribution < -0.4 is 11.1 Å². The third-order valence-corrected chi connectivity index (χ3v) is 3.97. The maximum absolute atomic E-state index is 12.2. The van der Waals surface area contributed by atoms with Gasteiger partial charge in [-0.3, -0.25) is 4.79 Å². The molecule has 0 unspecified atom stereocenters. The lowest BCUT2D eigenvalue weighted by atomic mass is 10.2. The van der Waals surface area contributed by atoms with E-state index in [1.807, 2.05) is 0 Å². The molecule has 3 N–H and O–H groups in total. The molecule has 7 heteroatoms. The Morgan fingerprint density at radius 2 is 2.15 bits per heavy atom. The van der Waals surface area contributed by atoms with E-state index < -0.39 is 0 Å². The van der Waals surface area contributed by atoms with Gasteiger partial charge in [0.15, 0.2) is 5.13 Å². The highest BCUT2D eigenvalue weighted by atomic mass is 79.9. The second-order valence-electron chi connectivity index (χ2n) is 4.06. The van der Waals surface area contributed by atoms with E-state index in [9.17, 15) is 4.79 Å². The molecule has 5 nitrogen and oxygen atoms in total. The molecule has 3 rings (SSSR count). The summed E-state index contributed by atoms with van der Waals surface area (Å²) in [6, 6.07) is 8.84. The number of hydrogen-bond acceptors (Lipinski definition) is 5. The highest BCUT2D eigenvalue weighted by Gasteiger charge is 2.09. The summed E-state index contributed by atoms with van der Waals surface area (Å²) in [4.78, 5) is 20.4. The van der Waals surface area contributed by atoms with Crippen molar-refractivity contribution in [1.29, 1.82) is 0 Å². The van der Waals surface area contributed by atoms with Crippen molar-refractivity contribution in [3.05, 3.63) is 46.7 Å². The van der Waals surface area contributed by atoms with Crippen LogP contribution in [0.15, 0.2) is 41.1 Å². The Morgan fingerprint density at radius 1 is 1.30 bits per heavy atom. The summed E-state index contributed by atoms with van der Waals surface area (Å²) >= 11 is 4.60. The van der Waals surface area contributed by atoms with Crippen molar-refractivity contribution in [2.45, 2.75) is 0 Å². The minimum Gasteiger partial charge on any atom is -0.375 e. The highest BCUT2D eigenvalue weighted by Crippen LogP contribution is 2.25. The van der Waals surface area contributed by atoms with Gasteiger partial charge in [0, 0.05) is 5.56 Å². The van der Waals surface area contributed by atoms with Crippen molar-refractivity contribution >= 4 is 54.2 Å². The van der Waals surface area contributed by atoms with E-state index in [1.54, 1.807) is 36.5 Å². The zero-order chi connectivity index (χ0) is 14.1. The number of hydrogen-bond donors (Lipinski definition) is 2. The summed E-state index contributed by atoms with van der Waals surface area (Å²) in [5.74, 6) is -0.192. The number of thiazole rings is 1. The molecule has 0 atom stereocenters. The molecule has 0 radical (unpaired) electrons. The van der Waals surface area contributed by atoms with Crippen LogP contribution in [-0.4, -0.2) is 15.9 Å². The number of pyridine rings is 1. The number of nitrogens with zero attached hydrogens (tertiary/aromatic N) is 2. The number of fused-ring (bicyclic) bond motifs is 1. The Kier molecular flexibility index (Phi) is 3.37. The first kappa shape index (κ1) is 13.0. The monoisotopic (exact) mass is 348 g/mol. The lowest BCUT2D eigenvalue weighted by molar-refractivity contribution is 0.102. The number of aromatic nitrogens is 2. The average Bonchev–Trinajstić information content (AvgIpc) is 2.80. The first-order valence-corrected chi connectivity index (χ1v) is 7.32. The van der Waals surface area contributed by atoms with Crippen LogP contribution in [0.5, 0.6) is 0 Å². The standard InChI is InChI=1S/C13H9BrN4OS/c14-11-4-2-8(6-16-11)17-12(19)7-1-3-9-10(5-7)20-13(15)18-9/h1-6H,(H2,15,18)(H,17,19). The number of rotatable bonds is 2. The number of carbonyl (C=O) groups excluding carboxylic acids is 1. The fraction of sp³-hybridized carbons (Fsp3) is 0. The number of halogens is 1. The highest BCUT2D eigenvalue weighted by molar-refractivity contribution is 9.10. The Morgan fingerprint density at radius 3 is 2.90 bits per heavy atom. The number of nitrogens with one attached hydrogen (secondary N) is 1. The molecule has 1 amide bonds. The zero-order valence-electron chi connectivity index (χ0n) is 10.1. The quantitative estimate of drug-likeness (QED) is 0.696. The van der Waals surface area contributed by atoms with Gasteiger partial charge in [0.25, 0.3) is 5.91 Å². The van der Waals surface area contributed by atoms with Gasteiger partial charge in [-0.2, -0.15) is 0 Å². The van der Waals surface area contributed by atoms with Crippen LogP contribution in [0, 0.1) is 0 Å². The third kappa shape index (κ3) is 2.63. The Bertz CT molecular complexity index is 785. The molecular formula is C13H9BrN4OS. The Labute approximate surface area is 127 Å². The van der Waals surface area contributed by atoms with Crippen LogP contribution in [0.4, 0.5) is 10.8 Å². The second kappa shape index (κ2) is 5.18. The van der Waals surface area contributed by atoms with Crippen LogP contribution >= 0.6 is 27.3 Å². The lowest BCUT2D eigenvalue weighted by Gasteiger charge is -2.04. The number of benzene rings is 1. The minimum absolute atomic E-state index is 0.192. The van der Waals surface area contributed by atoms with Crippen molar-refractivity contribution in [3.63, 3.8) is 0 Å². The third-order valence-electron chi connectivity index (χ3n) is 2.65. The molecule has 3 aromatic rings. The molecule has 2 heterocycles. The minimum atomic E-state index is -0.192. The molecule has 0 saturated heterocycles. The predicted molar refractivity (Wildman–Crippen MR) is 83.9 cm³/mol. The summed E-state index contributed by atoms with van der Waals surface area (Å²) in [7, 11) is 0. The van der Waals surface area contributed by atoms with Crippen LogP contribution in [0.1, 0.15) is 10.4 Å². The number of anilines is 2. The Hall–Kier alpha value is -1.99. The van der Waals surface area contributed by atoms with E-state index in [-0.39, 0.29) is 5.91 Å². The van der Waals surface area contributed by atoms with Gasteiger partial charge in [-0.25, -0.2) is 9.97 Å². The molecular weight excluding hydrogens is 340 g/mol. The van der Waals surface area contributed by atoms with Crippen molar-refractivity contribution in [3.8, 4) is 0 Å². The van der Waals surface area contributed by atoms with Crippen LogP contribution in [-0.2, 0) is 0 Å². The molecule has 0 spiro atoms. The topological polar surface area (TPSA) is 80.9 Å². The molecule has 0 fully saturated rings. The molecule has 0 aliphatic rings. The van der Waals surface area contributed by atoms with Crippen molar-refractivity contribution in [2.24, 2.45) is 0 Å². The lowest BCUT2D eigenvalue weighted by Crippen LogP contribution is -2.11. The van der Waals surface area contributed by atoms with E-state index in [4.69, 9.17) is 5.73 Å². The predicted octanol–water partition coefficient (Wildman–Crippen LogP) is 3.29. The fourth-order valence-corrected chi connectivity index (χ4v) is 2.74.